The maximum atomic E-state index is 13.7. The van der Waals surface area contributed by atoms with Crippen LogP contribution >= 0.6 is 0 Å². The number of nitrogens with zero attached hydrogens (tertiary/aromatic N) is 2. The molecule has 0 aromatic heterocycles. The zero-order valence-electron chi connectivity index (χ0n) is 22.2. The Morgan fingerprint density at radius 2 is 1.17 bits per heavy atom. The van der Waals surface area contributed by atoms with Gasteiger partial charge < -0.3 is 4.74 Å². The Hall–Kier alpha value is -5.03. The first-order valence-corrected chi connectivity index (χ1v) is 14.0. The van der Waals surface area contributed by atoms with E-state index in [0.717, 1.165) is 44.1 Å². The molecule has 2 bridgehead atoms. The third-order valence-electron chi connectivity index (χ3n) is 8.90. The number of carbonyl (C=O) groups excluding carboxylic acids is 2. The van der Waals surface area contributed by atoms with E-state index in [9.17, 15) is 9.59 Å². The quantitative estimate of drug-likeness (QED) is 0.188. The zero-order valence-corrected chi connectivity index (χ0v) is 22.2. The first-order chi connectivity index (χ1) is 20.2. The SMILES string of the molecule is O=C1[C@@H]2C3c4ccccc4C(c4ccccc43)[C@@H]2C(=O)N1/N=C\c1ccc(OCc2cccc3ccccc23)cc1. The molecule has 1 fully saturated rings. The summed E-state index contributed by atoms with van der Waals surface area (Å²) in [7, 11) is 0. The second kappa shape index (κ2) is 9.27. The van der Waals surface area contributed by atoms with Gasteiger partial charge in [-0.15, -0.1) is 0 Å². The number of hydrogen-bond acceptors (Lipinski definition) is 4. The van der Waals surface area contributed by atoms with Gasteiger partial charge in [0.25, 0.3) is 11.8 Å². The molecule has 0 radical (unpaired) electrons. The molecule has 2 amide bonds. The molecule has 0 spiro atoms. The molecule has 5 aromatic carbocycles. The Bertz CT molecular complexity index is 1760. The molecule has 3 aliphatic carbocycles. The molecule has 41 heavy (non-hydrogen) atoms. The van der Waals surface area contributed by atoms with Gasteiger partial charge in [0.05, 0.1) is 18.1 Å². The van der Waals surface area contributed by atoms with E-state index in [1.807, 2.05) is 66.7 Å². The molecule has 0 saturated carbocycles. The van der Waals surface area contributed by atoms with Gasteiger partial charge in [-0.25, -0.2) is 0 Å². The highest BCUT2D eigenvalue weighted by molar-refractivity contribution is 6.08. The van der Waals surface area contributed by atoms with Crippen LogP contribution in [-0.4, -0.2) is 23.0 Å². The number of hydrazone groups is 1. The molecule has 1 aliphatic heterocycles. The monoisotopic (exact) mass is 534 g/mol. The molecule has 9 rings (SSSR count). The number of imide groups is 1. The number of amides is 2. The van der Waals surface area contributed by atoms with Crippen molar-refractivity contribution in [2.45, 2.75) is 18.4 Å². The van der Waals surface area contributed by atoms with Crippen molar-refractivity contribution >= 4 is 28.8 Å². The summed E-state index contributed by atoms with van der Waals surface area (Å²) in [6.45, 7) is 0.460. The van der Waals surface area contributed by atoms with Gasteiger partial charge in [-0.3, -0.25) is 9.59 Å². The van der Waals surface area contributed by atoms with Crippen LogP contribution in [0.3, 0.4) is 0 Å². The lowest BCUT2D eigenvalue weighted by Gasteiger charge is -2.45. The lowest BCUT2D eigenvalue weighted by Crippen LogP contribution is -2.41. The van der Waals surface area contributed by atoms with Gasteiger partial charge in [-0.2, -0.15) is 10.1 Å². The topological polar surface area (TPSA) is 59.0 Å². The highest BCUT2D eigenvalue weighted by Gasteiger charge is 2.61. The third kappa shape index (κ3) is 3.66. The minimum atomic E-state index is -0.431. The summed E-state index contributed by atoms with van der Waals surface area (Å²) in [4.78, 5) is 27.4. The summed E-state index contributed by atoms with van der Waals surface area (Å²) in [5.41, 5.74) is 6.53. The number of benzene rings is 5. The minimum absolute atomic E-state index is 0.132. The van der Waals surface area contributed by atoms with Gasteiger partial charge in [0.15, 0.2) is 0 Å². The average molecular weight is 535 g/mol. The summed E-state index contributed by atoms with van der Waals surface area (Å²) in [6.07, 6.45) is 1.59. The fourth-order valence-electron chi connectivity index (χ4n) is 7.13. The van der Waals surface area contributed by atoms with Gasteiger partial charge in [0.2, 0.25) is 0 Å². The first kappa shape index (κ1) is 23.8. The number of fused-ring (bicyclic) bond motifs is 1. The highest BCUT2D eigenvalue weighted by atomic mass is 16.5. The normalized spacial score (nSPS) is 22.2. The average Bonchev–Trinajstić information content (AvgIpc) is 3.28. The second-order valence-corrected chi connectivity index (χ2v) is 11.0. The maximum Gasteiger partial charge on any atom is 0.254 e. The smallest absolute Gasteiger partial charge is 0.254 e. The van der Waals surface area contributed by atoms with E-state index in [2.05, 4.69) is 53.6 Å². The lowest BCUT2D eigenvalue weighted by atomic mass is 9.55. The van der Waals surface area contributed by atoms with Crippen LogP contribution in [0.25, 0.3) is 10.8 Å². The molecule has 5 aromatic rings. The molecular weight excluding hydrogens is 508 g/mol. The zero-order chi connectivity index (χ0) is 27.5. The standard InChI is InChI=1S/C36H26N2O3/c39-35-33-31-27-12-3-4-13-28(27)32(30-15-6-5-14-29(30)31)34(33)36(40)38(35)37-20-22-16-18-25(19-17-22)41-21-24-10-7-9-23-8-1-2-11-26(23)24/h1-20,31-34H,21H2/b37-20-/t31?,32?,33-,34+. The molecule has 4 aliphatic rings. The minimum Gasteiger partial charge on any atom is -0.489 e. The predicted octanol–water partition coefficient (Wildman–Crippen LogP) is 6.64. The number of hydrogen-bond donors (Lipinski definition) is 0. The van der Waals surface area contributed by atoms with E-state index in [4.69, 9.17) is 4.74 Å². The summed E-state index contributed by atoms with van der Waals surface area (Å²) in [5, 5.41) is 7.90. The molecule has 5 heteroatoms. The Labute approximate surface area is 237 Å². The van der Waals surface area contributed by atoms with Crippen LogP contribution in [0.4, 0.5) is 0 Å². The van der Waals surface area contributed by atoms with Crippen LogP contribution in [0, 0.1) is 11.8 Å². The van der Waals surface area contributed by atoms with E-state index in [1.165, 1.54) is 10.8 Å². The van der Waals surface area contributed by atoms with Crippen molar-refractivity contribution in [3.05, 3.63) is 149 Å². The van der Waals surface area contributed by atoms with Crippen molar-refractivity contribution in [3.63, 3.8) is 0 Å². The summed E-state index contributed by atoms with van der Waals surface area (Å²) >= 11 is 0. The van der Waals surface area contributed by atoms with E-state index in [-0.39, 0.29) is 23.7 Å². The van der Waals surface area contributed by atoms with Crippen molar-refractivity contribution in [2.24, 2.45) is 16.9 Å². The maximum absolute atomic E-state index is 13.7. The molecule has 1 heterocycles. The summed E-state index contributed by atoms with van der Waals surface area (Å²) in [6, 6.07) is 38.5. The van der Waals surface area contributed by atoms with E-state index >= 15 is 0 Å². The van der Waals surface area contributed by atoms with Crippen LogP contribution < -0.4 is 4.74 Å². The Balaban J connectivity index is 1.02. The first-order valence-electron chi connectivity index (χ1n) is 14.0. The second-order valence-electron chi connectivity index (χ2n) is 11.0. The van der Waals surface area contributed by atoms with Gasteiger partial charge in [0.1, 0.15) is 12.4 Å². The predicted molar refractivity (Wildman–Crippen MR) is 158 cm³/mol. The molecule has 198 valence electrons. The van der Waals surface area contributed by atoms with Gasteiger partial charge >= 0.3 is 0 Å². The Morgan fingerprint density at radius 1 is 0.634 bits per heavy atom. The van der Waals surface area contributed by atoms with Gasteiger partial charge in [0, 0.05) is 11.8 Å². The molecule has 5 nitrogen and oxygen atoms in total. The molecule has 1 saturated heterocycles. The highest BCUT2D eigenvalue weighted by Crippen LogP contribution is 2.60. The van der Waals surface area contributed by atoms with Crippen LogP contribution in [0.2, 0.25) is 0 Å². The van der Waals surface area contributed by atoms with Crippen molar-refractivity contribution < 1.29 is 14.3 Å². The number of rotatable bonds is 5. The van der Waals surface area contributed by atoms with Gasteiger partial charge in [-0.1, -0.05) is 91.0 Å². The van der Waals surface area contributed by atoms with Crippen LogP contribution in [-0.2, 0) is 16.2 Å². The largest absolute Gasteiger partial charge is 0.489 e. The summed E-state index contributed by atoms with van der Waals surface area (Å²) < 4.78 is 6.06. The molecular formula is C36H26N2O3. The molecule has 0 unspecified atom stereocenters. The Morgan fingerprint density at radius 3 is 1.78 bits per heavy atom. The number of ether oxygens (including phenoxy) is 1. The van der Waals surface area contributed by atoms with Crippen molar-refractivity contribution in [2.75, 3.05) is 0 Å². The third-order valence-corrected chi connectivity index (χ3v) is 8.90. The Kier molecular flexibility index (Phi) is 5.39. The van der Waals surface area contributed by atoms with Crippen LogP contribution in [0.1, 0.15) is 45.2 Å². The lowest BCUT2D eigenvalue weighted by molar-refractivity contribution is -0.139. The molecule has 0 N–H and O–H groups in total. The molecule has 2 atom stereocenters. The van der Waals surface area contributed by atoms with Crippen molar-refractivity contribution in [3.8, 4) is 5.75 Å². The van der Waals surface area contributed by atoms with Crippen molar-refractivity contribution in [1.82, 2.24) is 5.01 Å². The fraction of sp³-hybridized carbons (Fsp3) is 0.139. The van der Waals surface area contributed by atoms with E-state index < -0.39 is 11.8 Å². The fourth-order valence-corrected chi connectivity index (χ4v) is 7.13. The van der Waals surface area contributed by atoms with Crippen LogP contribution in [0.5, 0.6) is 5.75 Å². The van der Waals surface area contributed by atoms with Gasteiger partial charge in [-0.05, 0) is 68.4 Å². The van der Waals surface area contributed by atoms with Crippen molar-refractivity contribution in [1.29, 1.82) is 0 Å². The van der Waals surface area contributed by atoms with Crippen LogP contribution in [0.15, 0.2) is 120 Å². The van der Waals surface area contributed by atoms with E-state index in [0.29, 0.717) is 6.61 Å². The summed E-state index contributed by atoms with van der Waals surface area (Å²) in [5.74, 6) is -0.824. The van der Waals surface area contributed by atoms with E-state index in [1.54, 1.807) is 6.21 Å². The number of carbonyl (C=O) groups is 2.